The van der Waals surface area contributed by atoms with Crippen LogP contribution in [0.1, 0.15) is 52.0 Å². The van der Waals surface area contributed by atoms with Crippen LogP contribution in [0.15, 0.2) is 24.3 Å². The highest BCUT2D eigenvalue weighted by Crippen LogP contribution is 2.28. The van der Waals surface area contributed by atoms with Crippen molar-refractivity contribution in [2.45, 2.75) is 58.5 Å². The number of anilines is 1. The van der Waals surface area contributed by atoms with Gasteiger partial charge in [-0.1, -0.05) is 44.9 Å². The van der Waals surface area contributed by atoms with Gasteiger partial charge in [0.25, 0.3) is 0 Å². The van der Waals surface area contributed by atoms with E-state index in [9.17, 15) is 0 Å². The molecule has 106 valence electrons. The van der Waals surface area contributed by atoms with Crippen molar-refractivity contribution in [1.29, 1.82) is 0 Å². The SMILES string of the molecule is CCCCCN1CC(C)(CC)NCc2ccccc21. The third-order valence-corrected chi connectivity index (χ3v) is 4.39. The van der Waals surface area contributed by atoms with Crippen LogP contribution in [0.5, 0.6) is 0 Å². The molecule has 0 aromatic heterocycles. The zero-order chi connectivity index (χ0) is 13.7. The molecule has 0 spiro atoms. The Morgan fingerprint density at radius 2 is 2.00 bits per heavy atom. The van der Waals surface area contributed by atoms with Gasteiger partial charge < -0.3 is 10.2 Å². The fourth-order valence-corrected chi connectivity index (χ4v) is 2.83. The maximum atomic E-state index is 3.74. The molecule has 0 fully saturated rings. The lowest BCUT2D eigenvalue weighted by Crippen LogP contribution is -2.49. The summed E-state index contributed by atoms with van der Waals surface area (Å²) in [6, 6.07) is 8.86. The molecule has 1 aromatic carbocycles. The van der Waals surface area contributed by atoms with Gasteiger partial charge >= 0.3 is 0 Å². The summed E-state index contributed by atoms with van der Waals surface area (Å²) in [6.07, 6.45) is 5.09. The van der Waals surface area contributed by atoms with Crippen LogP contribution in [0.2, 0.25) is 0 Å². The number of nitrogens with zero attached hydrogens (tertiary/aromatic N) is 1. The molecule has 1 heterocycles. The van der Waals surface area contributed by atoms with Crippen molar-refractivity contribution in [3.8, 4) is 0 Å². The molecule has 2 rings (SSSR count). The number of hydrogen-bond donors (Lipinski definition) is 1. The highest BCUT2D eigenvalue weighted by atomic mass is 15.2. The van der Waals surface area contributed by atoms with E-state index in [-0.39, 0.29) is 5.54 Å². The summed E-state index contributed by atoms with van der Waals surface area (Å²) < 4.78 is 0. The Morgan fingerprint density at radius 1 is 1.21 bits per heavy atom. The zero-order valence-electron chi connectivity index (χ0n) is 12.7. The molecule has 1 atom stereocenters. The van der Waals surface area contributed by atoms with Crippen molar-refractivity contribution in [1.82, 2.24) is 5.32 Å². The van der Waals surface area contributed by atoms with E-state index in [1.165, 1.54) is 43.5 Å². The molecule has 0 saturated carbocycles. The molecule has 0 saturated heterocycles. The zero-order valence-corrected chi connectivity index (χ0v) is 12.7. The van der Waals surface area contributed by atoms with E-state index in [0.29, 0.717) is 0 Å². The summed E-state index contributed by atoms with van der Waals surface area (Å²) in [5, 5.41) is 3.74. The Balaban J connectivity index is 2.19. The molecule has 1 aliphatic rings. The van der Waals surface area contributed by atoms with Crippen LogP contribution in [0.4, 0.5) is 5.69 Å². The van der Waals surface area contributed by atoms with Gasteiger partial charge in [0.05, 0.1) is 0 Å². The Hall–Kier alpha value is -1.02. The Morgan fingerprint density at radius 3 is 2.74 bits per heavy atom. The van der Waals surface area contributed by atoms with Crippen molar-refractivity contribution < 1.29 is 0 Å². The van der Waals surface area contributed by atoms with Crippen LogP contribution in [0, 0.1) is 0 Å². The first-order valence-electron chi connectivity index (χ1n) is 7.76. The summed E-state index contributed by atoms with van der Waals surface area (Å²) in [5.74, 6) is 0. The molecular weight excluding hydrogens is 232 g/mol. The van der Waals surface area contributed by atoms with Gasteiger partial charge in [-0.3, -0.25) is 0 Å². The smallest absolute Gasteiger partial charge is 0.0412 e. The molecule has 1 N–H and O–H groups in total. The quantitative estimate of drug-likeness (QED) is 0.806. The van der Waals surface area contributed by atoms with E-state index in [2.05, 4.69) is 55.3 Å². The summed E-state index contributed by atoms with van der Waals surface area (Å²) in [7, 11) is 0. The second kappa shape index (κ2) is 6.42. The number of nitrogens with one attached hydrogen (secondary N) is 1. The van der Waals surface area contributed by atoms with Crippen molar-refractivity contribution in [2.75, 3.05) is 18.0 Å². The summed E-state index contributed by atoms with van der Waals surface area (Å²) in [4.78, 5) is 2.59. The van der Waals surface area contributed by atoms with Crippen LogP contribution in [0.25, 0.3) is 0 Å². The van der Waals surface area contributed by atoms with Gasteiger partial charge in [-0.25, -0.2) is 0 Å². The summed E-state index contributed by atoms with van der Waals surface area (Å²) >= 11 is 0. The van der Waals surface area contributed by atoms with Crippen molar-refractivity contribution in [3.05, 3.63) is 29.8 Å². The molecule has 2 heteroatoms. The summed E-state index contributed by atoms with van der Waals surface area (Å²) in [6.45, 7) is 10.2. The second-order valence-electron chi connectivity index (χ2n) is 6.03. The Bertz CT molecular complexity index is 402. The lowest BCUT2D eigenvalue weighted by molar-refractivity contribution is 0.348. The van der Waals surface area contributed by atoms with E-state index < -0.39 is 0 Å². The largest absolute Gasteiger partial charge is 0.369 e. The van der Waals surface area contributed by atoms with Gasteiger partial charge in [0, 0.05) is 30.9 Å². The molecule has 1 aromatic rings. The van der Waals surface area contributed by atoms with Gasteiger partial charge in [0.2, 0.25) is 0 Å². The van der Waals surface area contributed by atoms with E-state index >= 15 is 0 Å². The minimum absolute atomic E-state index is 0.227. The van der Waals surface area contributed by atoms with E-state index in [1.807, 2.05) is 0 Å². The van der Waals surface area contributed by atoms with Gasteiger partial charge in [0.15, 0.2) is 0 Å². The minimum Gasteiger partial charge on any atom is -0.369 e. The van der Waals surface area contributed by atoms with E-state index in [1.54, 1.807) is 0 Å². The third kappa shape index (κ3) is 3.50. The van der Waals surface area contributed by atoms with E-state index in [4.69, 9.17) is 0 Å². The van der Waals surface area contributed by atoms with Crippen LogP contribution >= 0.6 is 0 Å². The molecule has 0 radical (unpaired) electrons. The molecular formula is C17H28N2. The van der Waals surface area contributed by atoms with Crippen LogP contribution < -0.4 is 10.2 Å². The fraction of sp³-hybridized carbons (Fsp3) is 0.647. The number of para-hydroxylation sites is 1. The predicted octanol–water partition coefficient (Wildman–Crippen LogP) is 3.96. The number of benzene rings is 1. The first kappa shape index (κ1) is 14.4. The third-order valence-electron chi connectivity index (χ3n) is 4.39. The molecule has 2 nitrogen and oxygen atoms in total. The first-order chi connectivity index (χ1) is 9.18. The minimum atomic E-state index is 0.227. The van der Waals surface area contributed by atoms with Crippen molar-refractivity contribution >= 4 is 5.69 Å². The van der Waals surface area contributed by atoms with Crippen molar-refractivity contribution in [2.24, 2.45) is 0 Å². The molecule has 0 aliphatic carbocycles. The Labute approximate surface area is 118 Å². The van der Waals surface area contributed by atoms with E-state index in [0.717, 1.165) is 13.1 Å². The molecule has 0 amide bonds. The molecule has 1 aliphatic heterocycles. The Kier molecular flexibility index (Phi) is 4.87. The van der Waals surface area contributed by atoms with Gasteiger partial charge in [-0.2, -0.15) is 0 Å². The highest BCUT2D eigenvalue weighted by molar-refractivity contribution is 5.55. The number of hydrogen-bond acceptors (Lipinski definition) is 2. The average Bonchev–Trinajstić information content (AvgIpc) is 2.58. The molecule has 1 unspecified atom stereocenters. The number of unbranched alkanes of at least 4 members (excludes halogenated alkanes) is 2. The van der Waals surface area contributed by atoms with Crippen LogP contribution in [-0.2, 0) is 6.54 Å². The fourth-order valence-electron chi connectivity index (χ4n) is 2.83. The average molecular weight is 260 g/mol. The lowest BCUT2D eigenvalue weighted by atomic mass is 9.98. The van der Waals surface area contributed by atoms with Gasteiger partial charge in [0.1, 0.15) is 0 Å². The van der Waals surface area contributed by atoms with Crippen molar-refractivity contribution in [3.63, 3.8) is 0 Å². The first-order valence-corrected chi connectivity index (χ1v) is 7.76. The van der Waals surface area contributed by atoms with Gasteiger partial charge in [-0.15, -0.1) is 0 Å². The second-order valence-corrected chi connectivity index (χ2v) is 6.03. The topological polar surface area (TPSA) is 15.3 Å². The van der Waals surface area contributed by atoms with Crippen LogP contribution in [0.3, 0.4) is 0 Å². The maximum absolute atomic E-state index is 3.74. The number of fused-ring (bicyclic) bond motifs is 1. The number of rotatable bonds is 5. The van der Waals surface area contributed by atoms with Gasteiger partial charge in [-0.05, 0) is 31.4 Å². The maximum Gasteiger partial charge on any atom is 0.0412 e. The normalized spacial score (nSPS) is 23.0. The molecule has 0 bridgehead atoms. The van der Waals surface area contributed by atoms with Crippen LogP contribution in [-0.4, -0.2) is 18.6 Å². The molecule has 19 heavy (non-hydrogen) atoms. The standard InChI is InChI=1S/C17H28N2/c1-4-6-9-12-19-14-17(3,5-2)18-13-15-10-7-8-11-16(15)19/h7-8,10-11,18H,4-6,9,12-14H2,1-3H3. The predicted molar refractivity (Wildman–Crippen MR) is 83.7 cm³/mol. The summed E-state index contributed by atoms with van der Waals surface area (Å²) in [5.41, 5.74) is 3.10. The highest BCUT2D eigenvalue weighted by Gasteiger charge is 2.28. The lowest BCUT2D eigenvalue weighted by Gasteiger charge is -2.34. The monoisotopic (exact) mass is 260 g/mol.